The van der Waals surface area contributed by atoms with Crippen molar-refractivity contribution in [2.45, 2.75) is 37.7 Å². The first-order chi connectivity index (χ1) is 18.0. The molecule has 6 rings (SSSR count). The van der Waals surface area contributed by atoms with Gasteiger partial charge in [0.25, 0.3) is 5.91 Å². The highest BCUT2D eigenvalue weighted by Crippen LogP contribution is 2.44. The number of benzene rings is 1. The number of aryl methyl sites for hydroxylation is 1. The fourth-order valence-corrected chi connectivity index (χ4v) is 4.81. The van der Waals surface area contributed by atoms with Gasteiger partial charge in [0.2, 0.25) is 0 Å². The zero-order valence-electron chi connectivity index (χ0n) is 21.0. The van der Waals surface area contributed by atoms with Crippen LogP contribution in [0.15, 0.2) is 43.0 Å². The van der Waals surface area contributed by atoms with Gasteiger partial charge in [-0.1, -0.05) is 0 Å². The fourth-order valence-electron chi connectivity index (χ4n) is 4.81. The van der Waals surface area contributed by atoms with Crippen molar-refractivity contribution in [2.24, 2.45) is 12.8 Å². The Kier molecular flexibility index (Phi) is 5.96. The maximum Gasteiger partial charge on any atom is 0.271 e. The highest BCUT2D eigenvalue weighted by molar-refractivity contribution is 5.98. The van der Waals surface area contributed by atoms with Crippen molar-refractivity contribution in [3.8, 4) is 17.0 Å². The summed E-state index contributed by atoms with van der Waals surface area (Å²) in [7, 11) is 4.05. The molecule has 3 aromatic heterocycles. The standard InChI is InChI=1S/C27H30N8O2/c1-34-11-9-19(10-12-34)37-18-7-5-17(6-8-18)31-27-25(26(28)36)32-24(22(33-27)16-3-4-16)20-13-29-14-21-23(20)30-15-35(21)2/h5-8,13-16,19H,3-4,9-12H2,1-2H3,(H2,28,36)(H,31,33). The number of primary amides is 1. The van der Waals surface area contributed by atoms with E-state index in [1.165, 1.54) is 0 Å². The van der Waals surface area contributed by atoms with E-state index in [1.807, 2.05) is 35.9 Å². The van der Waals surface area contributed by atoms with Crippen molar-refractivity contribution in [2.75, 3.05) is 25.5 Å². The number of likely N-dealkylation sites (tertiary alicyclic amines) is 1. The zero-order valence-corrected chi connectivity index (χ0v) is 21.0. The molecule has 10 nitrogen and oxygen atoms in total. The third-order valence-electron chi connectivity index (χ3n) is 7.10. The van der Waals surface area contributed by atoms with Crippen LogP contribution in [-0.2, 0) is 7.05 Å². The van der Waals surface area contributed by atoms with Crippen LogP contribution in [0.5, 0.6) is 5.75 Å². The molecule has 0 unspecified atom stereocenters. The van der Waals surface area contributed by atoms with Crippen molar-refractivity contribution >= 4 is 28.4 Å². The fraction of sp³-hybridized carbons (Fsp3) is 0.370. The average molecular weight is 499 g/mol. The molecule has 1 aliphatic heterocycles. The first-order valence-corrected chi connectivity index (χ1v) is 12.7. The number of carbonyl (C=O) groups is 1. The molecule has 2 aliphatic rings. The van der Waals surface area contributed by atoms with Crippen LogP contribution in [0.3, 0.4) is 0 Å². The number of piperidine rings is 1. The molecular weight excluding hydrogens is 468 g/mol. The summed E-state index contributed by atoms with van der Waals surface area (Å²) in [6.07, 6.45) is 9.54. The molecule has 1 saturated heterocycles. The largest absolute Gasteiger partial charge is 0.490 e. The Hall–Kier alpha value is -4.05. The van der Waals surface area contributed by atoms with Gasteiger partial charge in [-0.2, -0.15) is 0 Å². The third kappa shape index (κ3) is 4.72. The summed E-state index contributed by atoms with van der Waals surface area (Å²) in [6.45, 7) is 2.09. The van der Waals surface area contributed by atoms with E-state index >= 15 is 0 Å². The topological polar surface area (TPSA) is 124 Å². The monoisotopic (exact) mass is 498 g/mol. The second-order valence-corrected chi connectivity index (χ2v) is 9.97. The minimum absolute atomic E-state index is 0.0824. The first-order valence-electron chi connectivity index (χ1n) is 12.7. The lowest BCUT2D eigenvalue weighted by Crippen LogP contribution is -2.35. The van der Waals surface area contributed by atoms with Crippen molar-refractivity contribution in [3.63, 3.8) is 0 Å². The summed E-state index contributed by atoms with van der Waals surface area (Å²) in [4.78, 5) is 33.4. The van der Waals surface area contributed by atoms with Crippen LogP contribution < -0.4 is 15.8 Å². The minimum Gasteiger partial charge on any atom is -0.490 e. The van der Waals surface area contributed by atoms with Crippen LogP contribution in [0, 0.1) is 0 Å². The molecular formula is C27H30N8O2. The number of hydrogen-bond acceptors (Lipinski definition) is 8. The van der Waals surface area contributed by atoms with E-state index in [4.69, 9.17) is 20.4 Å². The number of anilines is 2. The van der Waals surface area contributed by atoms with Crippen LogP contribution >= 0.6 is 0 Å². The maximum absolute atomic E-state index is 12.5. The lowest BCUT2D eigenvalue weighted by molar-refractivity contribution is 0.0996. The number of aromatic nitrogens is 5. The summed E-state index contributed by atoms with van der Waals surface area (Å²) in [5.74, 6) is 0.797. The number of nitrogens with two attached hydrogens (primary N) is 1. The molecule has 1 amide bonds. The van der Waals surface area contributed by atoms with Gasteiger partial charge in [-0.05, 0) is 57.0 Å². The highest BCUT2D eigenvalue weighted by atomic mass is 16.5. The molecule has 3 N–H and O–H groups in total. The van der Waals surface area contributed by atoms with Gasteiger partial charge in [-0.3, -0.25) is 9.78 Å². The first kappa shape index (κ1) is 23.4. The number of carbonyl (C=O) groups excluding carboxylic acids is 1. The SMILES string of the molecule is CN1CCC(Oc2ccc(Nc3nc(C4CC4)c(-c4cncc5c4ncn5C)nc3C(N)=O)cc2)CC1. The van der Waals surface area contributed by atoms with E-state index < -0.39 is 5.91 Å². The Bertz CT molecular complexity index is 1450. The Morgan fingerprint density at radius 2 is 1.81 bits per heavy atom. The van der Waals surface area contributed by atoms with E-state index in [0.29, 0.717) is 11.5 Å². The van der Waals surface area contributed by atoms with E-state index in [1.54, 1.807) is 18.7 Å². The van der Waals surface area contributed by atoms with Crippen molar-refractivity contribution in [1.29, 1.82) is 0 Å². The van der Waals surface area contributed by atoms with Crippen molar-refractivity contribution < 1.29 is 9.53 Å². The lowest BCUT2D eigenvalue weighted by Gasteiger charge is -2.29. The normalized spacial score (nSPS) is 16.7. The van der Waals surface area contributed by atoms with Crippen LogP contribution in [0.25, 0.3) is 22.3 Å². The molecule has 4 heterocycles. The van der Waals surface area contributed by atoms with Crippen LogP contribution in [0.2, 0.25) is 0 Å². The summed E-state index contributed by atoms with van der Waals surface area (Å²) in [5.41, 5.74) is 10.5. The molecule has 0 atom stereocenters. The Balaban J connectivity index is 1.31. The van der Waals surface area contributed by atoms with Gasteiger partial charge < -0.3 is 25.3 Å². The molecule has 190 valence electrons. The van der Waals surface area contributed by atoms with Gasteiger partial charge in [0, 0.05) is 43.5 Å². The lowest BCUT2D eigenvalue weighted by atomic mass is 10.1. The summed E-state index contributed by atoms with van der Waals surface area (Å²) in [6, 6.07) is 7.70. The molecule has 0 bridgehead atoms. The molecule has 0 spiro atoms. The molecule has 37 heavy (non-hydrogen) atoms. The number of fused-ring (bicyclic) bond motifs is 1. The number of rotatable bonds is 7. The molecule has 0 radical (unpaired) electrons. The van der Waals surface area contributed by atoms with Crippen LogP contribution in [-0.4, -0.2) is 61.6 Å². The summed E-state index contributed by atoms with van der Waals surface area (Å²) >= 11 is 0. The quantitative estimate of drug-likeness (QED) is 0.396. The average Bonchev–Trinajstić information content (AvgIpc) is 3.68. The van der Waals surface area contributed by atoms with Gasteiger partial charge in [0.1, 0.15) is 17.4 Å². The van der Waals surface area contributed by atoms with E-state index in [-0.39, 0.29) is 17.7 Å². The number of ether oxygens (including phenoxy) is 1. The van der Waals surface area contributed by atoms with Crippen LogP contribution in [0.1, 0.15) is 47.8 Å². The summed E-state index contributed by atoms with van der Waals surface area (Å²) in [5, 5.41) is 3.26. The smallest absolute Gasteiger partial charge is 0.271 e. The molecule has 1 aromatic carbocycles. The van der Waals surface area contributed by atoms with Gasteiger partial charge >= 0.3 is 0 Å². The second-order valence-electron chi connectivity index (χ2n) is 9.97. The Labute approximate surface area is 214 Å². The number of imidazole rings is 1. The van der Waals surface area contributed by atoms with Gasteiger partial charge in [-0.15, -0.1) is 0 Å². The number of amides is 1. The van der Waals surface area contributed by atoms with E-state index in [0.717, 1.165) is 72.5 Å². The van der Waals surface area contributed by atoms with Gasteiger partial charge in [-0.25, -0.2) is 15.0 Å². The maximum atomic E-state index is 12.5. The van der Waals surface area contributed by atoms with Crippen molar-refractivity contribution in [3.05, 3.63) is 54.4 Å². The van der Waals surface area contributed by atoms with Gasteiger partial charge in [0.05, 0.1) is 29.4 Å². The zero-order chi connectivity index (χ0) is 25.5. The molecule has 1 aliphatic carbocycles. The molecule has 10 heteroatoms. The van der Waals surface area contributed by atoms with Crippen LogP contribution in [0.4, 0.5) is 11.5 Å². The Morgan fingerprint density at radius 3 is 2.51 bits per heavy atom. The predicted molar refractivity (Wildman–Crippen MR) is 141 cm³/mol. The second kappa shape index (κ2) is 9.44. The van der Waals surface area contributed by atoms with E-state index in [9.17, 15) is 4.79 Å². The van der Waals surface area contributed by atoms with Crippen molar-refractivity contribution in [1.82, 2.24) is 29.4 Å². The highest BCUT2D eigenvalue weighted by Gasteiger charge is 2.32. The number of hydrogen-bond donors (Lipinski definition) is 2. The predicted octanol–water partition coefficient (Wildman–Crippen LogP) is 3.62. The van der Waals surface area contributed by atoms with E-state index in [2.05, 4.69) is 27.2 Å². The Morgan fingerprint density at radius 1 is 1.05 bits per heavy atom. The number of nitrogens with zero attached hydrogens (tertiary/aromatic N) is 6. The molecule has 4 aromatic rings. The molecule has 2 fully saturated rings. The summed E-state index contributed by atoms with van der Waals surface area (Å²) < 4.78 is 8.06. The van der Waals surface area contributed by atoms with Gasteiger partial charge in [0.15, 0.2) is 11.5 Å². The number of pyridine rings is 1. The molecule has 1 saturated carbocycles. The number of nitrogens with one attached hydrogen (secondary N) is 1. The third-order valence-corrected chi connectivity index (χ3v) is 7.10. The minimum atomic E-state index is -0.651.